The molecule has 0 aliphatic carbocycles. The minimum Gasteiger partial charge on any atom is -0.444 e. The van der Waals surface area contributed by atoms with E-state index in [2.05, 4.69) is 29.9 Å². The van der Waals surface area contributed by atoms with E-state index in [1.54, 1.807) is 4.90 Å². The molecule has 2 saturated heterocycles. The number of amides is 4. The first-order chi connectivity index (χ1) is 18.7. The Morgan fingerprint density at radius 2 is 1.88 bits per heavy atom. The second kappa shape index (κ2) is 11.9. The molecule has 0 saturated carbocycles. The molecule has 0 radical (unpaired) electrons. The lowest BCUT2D eigenvalue weighted by Crippen LogP contribution is -2.55. The molecule has 220 valence electrons. The summed E-state index contributed by atoms with van der Waals surface area (Å²) in [5.41, 5.74) is 1.96. The molecule has 4 rings (SSSR count). The second-order valence-electron chi connectivity index (χ2n) is 13.3. The number of likely N-dealkylation sites (tertiary alicyclic amines) is 1. The van der Waals surface area contributed by atoms with Gasteiger partial charge < -0.3 is 24.6 Å². The van der Waals surface area contributed by atoms with Gasteiger partial charge >= 0.3 is 6.09 Å². The van der Waals surface area contributed by atoms with Crippen LogP contribution in [-0.2, 0) is 25.6 Å². The Kier molecular flexibility index (Phi) is 8.94. The van der Waals surface area contributed by atoms with Crippen LogP contribution in [0.4, 0.5) is 10.5 Å². The van der Waals surface area contributed by atoms with Gasteiger partial charge in [-0.25, -0.2) is 4.79 Å². The van der Waals surface area contributed by atoms with Crippen LogP contribution in [0, 0.1) is 5.92 Å². The third-order valence-corrected chi connectivity index (χ3v) is 9.31. The number of hydrogen-bond acceptors (Lipinski definition) is 7. The number of imide groups is 1. The quantitative estimate of drug-likeness (QED) is 0.272. The number of carbonyl (C=O) groups excluding carboxylic acids is 4. The first-order valence-electron chi connectivity index (χ1n) is 14.3. The van der Waals surface area contributed by atoms with Gasteiger partial charge in [-0.2, -0.15) is 0 Å². The SMILES string of the molecule is CC(C)(C)OC(=O)NCC1CCN(c2cccc3c2CN(C2CCC(=O)N(COCC[Si](C)(C)C)C2=O)C3=O)C1. The van der Waals surface area contributed by atoms with E-state index in [1.165, 1.54) is 4.90 Å². The summed E-state index contributed by atoms with van der Waals surface area (Å²) in [6, 6.07) is 5.98. The van der Waals surface area contributed by atoms with Crippen LogP contribution in [0.15, 0.2) is 18.2 Å². The van der Waals surface area contributed by atoms with Gasteiger partial charge in [-0.05, 0) is 57.7 Å². The molecular weight excluding hydrogens is 528 g/mol. The van der Waals surface area contributed by atoms with Crippen LogP contribution in [0.1, 0.15) is 56.0 Å². The normalized spacial score (nSPS) is 21.8. The second-order valence-corrected chi connectivity index (χ2v) is 18.9. The third-order valence-electron chi connectivity index (χ3n) is 7.61. The van der Waals surface area contributed by atoms with Crippen molar-refractivity contribution in [3.8, 4) is 0 Å². The van der Waals surface area contributed by atoms with E-state index < -0.39 is 25.8 Å². The number of rotatable bonds is 9. The summed E-state index contributed by atoms with van der Waals surface area (Å²) >= 11 is 0. The van der Waals surface area contributed by atoms with Gasteiger partial charge in [0.05, 0.1) is 0 Å². The summed E-state index contributed by atoms with van der Waals surface area (Å²) in [5.74, 6) is -0.521. The van der Waals surface area contributed by atoms with Crippen LogP contribution >= 0.6 is 0 Å². The monoisotopic (exact) mass is 572 g/mol. The largest absolute Gasteiger partial charge is 0.444 e. The number of fused-ring (bicyclic) bond motifs is 1. The maximum Gasteiger partial charge on any atom is 0.407 e. The van der Waals surface area contributed by atoms with E-state index >= 15 is 0 Å². The van der Waals surface area contributed by atoms with E-state index in [-0.39, 0.29) is 36.8 Å². The maximum atomic E-state index is 13.5. The molecule has 10 nitrogen and oxygen atoms in total. The first kappa shape index (κ1) is 30.0. The number of hydrogen-bond donors (Lipinski definition) is 1. The summed E-state index contributed by atoms with van der Waals surface area (Å²) in [7, 11) is -1.29. The molecule has 2 unspecified atom stereocenters. The van der Waals surface area contributed by atoms with Gasteiger partial charge in [0.1, 0.15) is 18.4 Å². The average Bonchev–Trinajstić information content (AvgIpc) is 3.45. The molecule has 1 N–H and O–H groups in total. The Labute approximate surface area is 238 Å². The highest BCUT2D eigenvalue weighted by Crippen LogP contribution is 2.36. The fraction of sp³-hybridized carbons (Fsp3) is 0.655. The van der Waals surface area contributed by atoms with Gasteiger partial charge in [-0.1, -0.05) is 25.7 Å². The molecule has 2 atom stereocenters. The molecule has 2 fully saturated rings. The van der Waals surface area contributed by atoms with Crippen molar-refractivity contribution in [2.75, 3.05) is 37.9 Å². The maximum absolute atomic E-state index is 13.5. The minimum atomic E-state index is -1.29. The van der Waals surface area contributed by atoms with Gasteiger partial charge in [0, 0.05) is 64.1 Å². The summed E-state index contributed by atoms with van der Waals surface area (Å²) in [4.78, 5) is 56.6. The van der Waals surface area contributed by atoms with E-state index in [0.717, 1.165) is 36.8 Å². The Bertz CT molecular complexity index is 1140. The van der Waals surface area contributed by atoms with E-state index in [1.807, 2.05) is 39.0 Å². The van der Waals surface area contributed by atoms with Crippen molar-refractivity contribution in [3.05, 3.63) is 29.3 Å². The van der Waals surface area contributed by atoms with Crippen LogP contribution in [0.3, 0.4) is 0 Å². The highest BCUT2D eigenvalue weighted by Gasteiger charge is 2.43. The van der Waals surface area contributed by atoms with E-state index in [4.69, 9.17) is 9.47 Å². The highest BCUT2D eigenvalue weighted by molar-refractivity contribution is 6.76. The Balaban J connectivity index is 1.38. The molecule has 0 spiro atoms. The number of piperidine rings is 1. The first-order valence-corrected chi connectivity index (χ1v) is 18.0. The van der Waals surface area contributed by atoms with Crippen molar-refractivity contribution in [2.45, 2.75) is 83.9 Å². The van der Waals surface area contributed by atoms with Crippen LogP contribution in [-0.4, -0.2) is 86.3 Å². The van der Waals surface area contributed by atoms with Crippen molar-refractivity contribution >= 4 is 37.6 Å². The Morgan fingerprint density at radius 1 is 1.12 bits per heavy atom. The molecule has 3 aliphatic rings. The molecule has 0 bridgehead atoms. The summed E-state index contributed by atoms with van der Waals surface area (Å²) in [6.07, 6.45) is 1.02. The van der Waals surface area contributed by atoms with Gasteiger partial charge in [-0.3, -0.25) is 19.3 Å². The zero-order chi connectivity index (χ0) is 29.2. The van der Waals surface area contributed by atoms with Crippen molar-refractivity contribution in [2.24, 2.45) is 5.92 Å². The van der Waals surface area contributed by atoms with Gasteiger partial charge in [-0.15, -0.1) is 0 Å². The lowest BCUT2D eigenvalue weighted by Gasteiger charge is -2.35. The summed E-state index contributed by atoms with van der Waals surface area (Å²) in [5, 5.41) is 2.87. The number of ether oxygens (including phenoxy) is 2. The fourth-order valence-corrected chi connectivity index (χ4v) is 6.18. The van der Waals surface area contributed by atoms with E-state index in [9.17, 15) is 19.2 Å². The molecule has 1 aromatic carbocycles. The zero-order valence-electron chi connectivity index (χ0n) is 24.7. The lowest BCUT2D eigenvalue weighted by atomic mass is 10.0. The number of anilines is 1. The van der Waals surface area contributed by atoms with Crippen molar-refractivity contribution in [1.82, 2.24) is 15.1 Å². The molecular formula is C29H44N4O6Si. The molecule has 0 aromatic heterocycles. The molecule has 3 heterocycles. The molecule has 40 heavy (non-hydrogen) atoms. The summed E-state index contributed by atoms with van der Waals surface area (Å²) < 4.78 is 11.1. The zero-order valence-corrected chi connectivity index (χ0v) is 25.7. The lowest BCUT2D eigenvalue weighted by molar-refractivity contribution is -0.158. The van der Waals surface area contributed by atoms with Gasteiger partial charge in [0.2, 0.25) is 5.91 Å². The number of alkyl carbamates (subject to hydrolysis) is 1. The highest BCUT2D eigenvalue weighted by atomic mass is 28.3. The standard InChI is InChI=1S/C29H44N4O6Si/c1-29(2,3)39-28(37)30-16-20-12-13-31(17-20)23-9-7-8-21-22(23)18-32(26(21)35)24-10-11-25(34)33(27(24)36)19-38-14-15-40(4,5)6/h7-9,20,24H,10-19H2,1-6H3,(H,30,37). The third kappa shape index (κ3) is 7.23. The van der Waals surface area contributed by atoms with Crippen LogP contribution in [0.25, 0.3) is 0 Å². The van der Waals surface area contributed by atoms with Gasteiger partial charge in [0.15, 0.2) is 0 Å². The fourth-order valence-electron chi connectivity index (χ4n) is 5.43. The molecule has 11 heteroatoms. The Hall–Kier alpha value is -2.92. The van der Waals surface area contributed by atoms with Crippen molar-refractivity contribution in [1.29, 1.82) is 0 Å². The minimum absolute atomic E-state index is 0.0641. The predicted octanol–water partition coefficient (Wildman–Crippen LogP) is 3.82. The van der Waals surface area contributed by atoms with E-state index in [0.29, 0.717) is 31.7 Å². The number of benzene rings is 1. The van der Waals surface area contributed by atoms with Crippen molar-refractivity contribution < 1.29 is 28.7 Å². The topological polar surface area (TPSA) is 108 Å². The molecule has 4 amide bonds. The van der Waals surface area contributed by atoms with Crippen LogP contribution in [0.5, 0.6) is 0 Å². The Morgan fingerprint density at radius 3 is 2.58 bits per heavy atom. The van der Waals surface area contributed by atoms with Crippen LogP contribution < -0.4 is 10.2 Å². The smallest absolute Gasteiger partial charge is 0.407 e. The molecule has 3 aliphatic heterocycles. The average molecular weight is 573 g/mol. The van der Waals surface area contributed by atoms with Crippen molar-refractivity contribution in [3.63, 3.8) is 0 Å². The number of carbonyl (C=O) groups is 4. The van der Waals surface area contributed by atoms with Crippen LogP contribution in [0.2, 0.25) is 25.7 Å². The summed E-state index contributed by atoms with van der Waals surface area (Å²) in [6.45, 7) is 15.1. The number of nitrogens with one attached hydrogen (secondary N) is 1. The number of nitrogens with zero attached hydrogens (tertiary/aromatic N) is 3. The van der Waals surface area contributed by atoms with Gasteiger partial charge in [0.25, 0.3) is 11.8 Å². The predicted molar refractivity (Wildman–Crippen MR) is 155 cm³/mol. The molecule has 1 aromatic rings.